The molecule has 150 valence electrons. The van der Waals surface area contributed by atoms with Gasteiger partial charge in [-0.25, -0.2) is 0 Å². The first-order valence-corrected chi connectivity index (χ1v) is 9.38. The van der Waals surface area contributed by atoms with Crippen LogP contribution < -0.4 is 25.2 Å². The van der Waals surface area contributed by atoms with E-state index in [0.29, 0.717) is 36.0 Å². The van der Waals surface area contributed by atoms with E-state index in [0.717, 1.165) is 5.56 Å². The van der Waals surface area contributed by atoms with Crippen molar-refractivity contribution in [1.82, 2.24) is 10.9 Å². The molecule has 2 aliphatic rings. The summed E-state index contributed by atoms with van der Waals surface area (Å²) in [5.74, 6) is -0.314. The number of benzene rings is 2. The summed E-state index contributed by atoms with van der Waals surface area (Å²) in [6, 6.07) is 12.3. The highest BCUT2D eigenvalue weighted by molar-refractivity contribution is 6.01. The standard InChI is InChI=1S/C21H21N3O5/c1-13-2-4-14(5-3-13)20(26)22-23-21(27)15-10-19(25)24(12-15)16-6-7-17-18(11-16)29-9-8-28-17/h2-7,11,15H,8-10,12H2,1H3,(H,22,26)(H,23,27)/t15-/m1/s1. The first-order valence-electron chi connectivity index (χ1n) is 9.38. The molecule has 0 aliphatic carbocycles. The number of anilines is 1. The highest BCUT2D eigenvalue weighted by Gasteiger charge is 2.35. The lowest BCUT2D eigenvalue weighted by atomic mass is 10.1. The molecule has 0 saturated carbocycles. The minimum Gasteiger partial charge on any atom is -0.486 e. The number of ether oxygens (including phenoxy) is 2. The third-order valence-corrected chi connectivity index (χ3v) is 4.95. The zero-order valence-corrected chi connectivity index (χ0v) is 15.9. The van der Waals surface area contributed by atoms with Gasteiger partial charge < -0.3 is 14.4 Å². The third kappa shape index (κ3) is 4.01. The van der Waals surface area contributed by atoms with E-state index in [2.05, 4.69) is 10.9 Å². The van der Waals surface area contributed by atoms with Crippen LogP contribution in [0.5, 0.6) is 11.5 Å². The Kier molecular flexibility index (Phi) is 5.07. The molecule has 29 heavy (non-hydrogen) atoms. The summed E-state index contributed by atoms with van der Waals surface area (Å²) in [4.78, 5) is 38.6. The minimum atomic E-state index is -0.561. The Morgan fingerprint density at radius 3 is 2.48 bits per heavy atom. The van der Waals surface area contributed by atoms with Crippen molar-refractivity contribution in [2.45, 2.75) is 13.3 Å². The van der Waals surface area contributed by atoms with Gasteiger partial charge in [-0.05, 0) is 31.2 Å². The molecule has 2 N–H and O–H groups in total. The number of carbonyl (C=O) groups excluding carboxylic acids is 3. The SMILES string of the molecule is Cc1ccc(C(=O)NNC(=O)[C@@H]2CC(=O)N(c3ccc4c(c3)OCCO4)C2)cc1. The Balaban J connectivity index is 1.36. The van der Waals surface area contributed by atoms with E-state index in [4.69, 9.17) is 9.47 Å². The molecular formula is C21H21N3O5. The van der Waals surface area contributed by atoms with Crippen molar-refractivity contribution >= 4 is 23.4 Å². The Morgan fingerprint density at radius 1 is 1.00 bits per heavy atom. The topological polar surface area (TPSA) is 97.0 Å². The molecule has 0 radical (unpaired) electrons. The number of hydrogen-bond donors (Lipinski definition) is 2. The van der Waals surface area contributed by atoms with Gasteiger partial charge in [0.15, 0.2) is 11.5 Å². The average Bonchev–Trinajstić information content (AvgIpc) is 3.13. The lowest BCUT2D eigenvalue weighted by Crippen LogP contribution is -2.45. The fourth-order valence-electron chi connectivity index (χ4n) is 3.33. The van der Waals surface area contributed by atoms with Crippen molar-refractivity contribution < 1.29 is 23.9 Å². The van der Waals surface area contributed by atoms with E-state index >= 15 is 0 Å². The first-order chi connectivity index (χ1) is 14.0. The zero-order valence-electron chi connectivity index (χ0n) is 15.9. The van der Waals surface area contributed by atoms with E-state index in [1.165, 1.54) is 0 Å². The molecule has 2 aromatic rings. The maximum absolute atomic E-state index is 12.4. The number of carbonyl (C=O) groups is 3. The quantitative estimate of drug-likeness (QED) is 0.769. The van der Waals surface area contributed by atoms with Gasteiger partial charge in [0.2, 0.25) is 11.8 Å². The lowest BCUT2D eigenvalue weighted by Gasteiger charge is -2.22. The third-order valence-electron chi connectivity index (χ3n) is 4.95. The van der Waals surface area contributed by atoms with Crippen molar-refractivity contribution in [3.05, 3.63) is 53.6 Å². The van der Waals surface area contributed by atoms with Crippen molar-refractivity contribution in [3.8, 4) is 11.5 Å². The number of rotatable bonds is 3. The molecule has 1 atom stereocenters. The van der Waals surface area contributed by atoms with E-state index in [1.807, 2.05) is 19.1 Å². The fourth-order valence-corrected chi connectivity index (χ4v) is 3.33. The monoisotopic (exact) mass is 395 g/mol. The molecule has 3 amide bonds. The number of hydrogen-bond acceptors (Lipinski definition) is 5. The predicted molar refractivity (Wildman–Crippen MR) is 105 cm³/mol. The zero-order chi connectivity index (χ0) is 20.4. The maximum atomic E-state index is 12.4. The van der Waals surface area contributed by atoms with Crippen molar-refractivity contribution in [2.75, 3.05) is 24.7 Å². The van der Waals surface area contributed by atoms with E-state index < -0.39 is 17.7 Å². The summed E-state index contributed by atoms with van der Waals surface area (Å²) in [7, 11) is 0. The summed E-state index contributed by atoms with van der Waals surface area (Å²) in [6.07, 6.45) is 0.0701. The van der Waals surface area contributed by atoms with E-state index in [-0.39, 0.29) is 18.9 Å². The normalized spacial score (nSPS) is 17.8. The van der Waals surface area contributed by atoms with Gasteiger partial charge in [0, 0.05) is 30.3 Å². The Morgan fingerprint density at radius 2 is 1.72 bits per heavy atom. The van der Waals surface area contributed by atoms with Gasteiger partial charge in [-0.2, -0.15) is 0 Å². The number of hydrazine groups is 1. The van der Waals surface area contributed by atoms with Crippen LogP contribution in [0.1, 0.15) is 22.3 Å². The van der Waals surface area contributed by atoms with Gasteiger partial charge in [0.05, 0.1) is 5.92 Å². The highest BCUT2D eigenvalue weighted by Crippen LogP contribution is 2.35. The molecule has 1 fully saturated rings. The first kappa shape index (κ1) is 18.8. The summed E-state index contributed by atoms with van der Waals surface area (Å²) in [5.41, 5.74) is 6.95. The summed E-state index contributed by atoms with van der Waals surface area (Å²) < 4.78 is 11.0. The molecule has 2 aromatic carbocycles. The van der Waals surface area contributed by atoms with Crippen LogP contribution >= 0.6 is 0 Å². The van der Waals surface area contributed by atoms with Crippen molar-refractivity contribution in [3.63, 3.8) is 0 Å². The highest BCUT2D eigenvalue weighted by atomic mass is 16.6. The molecule has 0 aromatic heterocycles. The summed E-state index contributed by atoms with van der Waals surface area (Å²) in [6.45, 7) is 3.10. The van der Waals surface area contributed by atoms with Crippen molar-refractivity contribution in [1.29, 1.82) is 0 Å². The number of nitrogens with one attached hydrogen (secondary N) is 2. The molecule has 8 nitrogen and oxygen atoms in total. The Bertz CT molecular complexity index is 957. The van der Waals surface area contributed by atoms with Gasteiger partial charge in [0.1, 0.15) is 13.2 Å². The summed E-state index contributed by atoms with van der Waals surface area (Å²) >= 11 is 0. The van der Waals surface area contributed by atoms with Crippen LogP contribution in [0.3, 0.4) is 0 Å². The van der Waals surface area contributed by atoms with Crippen LogP contribution in [0.4, 0.5) is 5.69 Å². The molecule has 0 spiro atoms. The van der Waals surface area contributed by atoms with Crippen LogP contribution in [0.15, 0.2) is 42.5 Å². The van der Waals surface area contributed by atoms with Crippen LogP contribution in [0.2, 0.25) is 0 Å². The molecule has 0 unspecified atom stereocenters. The Hall–Kier alpha value is -3.55. The molecule has 2 heterocycles. The number of fused-ring (bicyclic) bond motifs is 1. The molecule has 0 bridgehead atoms. The molecule has 1 saturated heterocycles. The molecule has 4 rings (SSSR count). The second kappa shape index (κ2) is 7.83. The second-order valence-electron chi connectivity index (χ2n) is 7.04. The van der Waals surface area contributed by atoms with Crippen molar-refractivity contribution in [2.24, 2.45) is 5.92 Å². The fraction of sp³-hybridized carbons (Fsp3) is 0.286. The van der Waals surface area contributed by atoms with Gasteiger partial charge >= 0.3 is 0 Å². The van der Waals surface area contributed by atoms with Gasteiger partial charge in [-0.3, -0.25) is 25.2 Å². The summed E-state index contributed by atoms with van der Waals surface area (Å²) in [5, 5.41) is 0. The molecule has 8 heteroatoms. The minimum absolute atomic E-state index is 0.0701. The van der Waals surface area contributed by atoms with Crippen LogP contribution in [0, 0.1) is 12.8 Å². The lowest BCUT2D eigenvalue weighted by molar-refractivity contribution is -0.126. The van der Waals surface area contributed by atoms with Gasteiger partial charge in [-0.15, -0.1) is 0 Å². The van der Waals surface area contributed by atoms with Crippen LogP contribution in [-0.4, -0.2) is 37.5 Å². The van der Waals surface area contributed by atoms with E-state index in [1.54, 1.807) is 35.2 Å². The van der Waals surface area contributed by atoms with Crippen LogP contribution in [0.25, 0.3) is 0 Å². The van der Waals surface area contributed by atoms with Gasteiger partial charge in [0.25, 0.3) is 5.91 Å². The number of amides is 3. The second-order valence-corrected chi connectivity index (χ2v) is 7.04. The average molecular weight is 395 g/mol. The van der Waals surface area contributed by atoms with E-state index in [9.17, 15) is 14.4 Å². The maximum Gasteiger partial charge on any atom is 0.269 e. The molecule has 2 aliphatic heterocycles. The smallest absolute Gasteiger partial charge is 0.269 e. The number of aryl methyl sites for hydroxylation is 1. The van der Waals surface area contributed by atoms with Crippen LogP contribution in [-0.2, 0) is 9.59 Å². The predicted octanol–water partition coefficient (Wildman–Crippen LogP) is 1.58. The number of nitrogens with zero attached hydrogens (tertiary/aromatic N) is 1. The largest absolute Gasteiger partial charge is 0.486 e. The van der Waals surface area contributed by atoms with Gasteiger partial charge in [-0.1, -0.05) is 17.7 Å². The molecular weight excluding hydrogens is 374 g/mol. The Labute approximate surface area is 167 Å².